The van der Waals surface area contributed by atoms with Crippen LogP contribution in [0.3, 0.4) is 0 Å². The van der Waals surface area contributed by atoms with Crippen molar-refractivity contribution in [3.63, 3.8) is 0 Å². The second kappa shape index (κ2) is 21.7. The summed E-state index contributed by atoms with van der Waals surface area (Å²) >= 11 is 6.41. The van der Waals surface area contributed by atoms with Crippen molar-refractivity contribution in [2.45, 2.75) is 82.9 Å². The van der Waals surface area contributed by atoms with E-state index in [-0.39, 0.29) is 13.2 Å². The molecule has 0 aliphatic heterocycles. The maximum atomic E-state index is 8.15. The monoisotopic (exact) mass is 399 g/mol. The second-order valence-corrected chi connectivity index (χ2v) is 7.72. The van der Waals surface area contributed by atoms with Crippen molar-refractivity contribution in [3.8, 4) is 0 Å². The van der Waals surface area contributed by atoms with Crippen LogP contribution in [-0.2, 0) is 6.42 Å². The van der Waals surface area contributed by atoms with E-state index in [1.807, 2.05) is 0 Å². The summed E-state index contributed by atoms with van der Waals surface area (Å²) in [4.78, 5) is 0. The minimum atomic E-state index is 0.139. The van der Waals surface area contributed by atoms with Crippen LogP contribution in [0.5, 0.6) is 0 Å². The Morgan fingerprint density at radius 1 is 0.815 bits per heavy atom. The zero-order valence-corrected chi connectivity index (χ0v) is 18.1. The van der Waals surface area contributed by atoms with Crippen LogP contribution in [-0.4, -0.2) is 41.9 Å². The number of hydrogen-bond donors (Lipinski definition) is 3. The number of nitrogens with one attached hydrogen (secondary N) is 1. The van der Waals surface area contributed by atoms with Crippen LogP contribution in [0.15, 0.2) is 30.3 Å². The van der Waals surface area contributed by atoms with Crippen LogP contribution in [0.2, 0.25) is 0 Å². The third-order valence-electron chi connectivity index (χ3n) is 4.50. The van der Waals surface area contributed by atoms with E-state index in [1.54, 1.807) is 0 Å². The summed E-state index contributed by atoms with van der Waals surface area (Å²) < 4.78 is 0. The zero-order chi connectivity index (χ0) is 20.0. The third kappa shape index (κ3) is 19.9. The van der Waals surface area contributed by atoms with Crippen molar-refractivity contribution in [1.82, 2.24) is 5.32 Å². The van der Waals surface area contributed by atoms with Crippen molar-refractivity contribution < 1.29 is 10.2 Å². The molecule has 1 rings (SSSR count). The third-order valence-corrected chi connectivity index (χ3v) is 4.87. The Morgan fingerprint density at radius 2 is 1.33 bits per heavy atom. The molecule has 0 amide bonds. The van der Waals surface area contributed by atoms with E-state index in [9.17, 15) is 0 Å². The van der Waals surface area contributed by atoms with Gasteiger partial charge in [0.05, 0.1) is 13.2 Å². The van der Waals surface area contributed by atoms with Crippen LogP contribution in [0, 0.1) is 0 Å². The topological polar surface area (TPSA) is 52.5 Å². The van der Waals surface area contributed by atoms with E-state index < -0.39 is 0 Å². The largest absolute Gasteiger partial charge is 0.395 e. The van der Waals surface area contributed by atoms with E-state index in [4.69, 9.17) is 21.8 Å². The van der Waals surface area contributed by atoms with Gasteiger partial charge in [-0.2, -0.15) is 0 Å². The van der Waals surface area contributed by atoms with Gasteiger partial charge in [-0.05, 0) is 18.4 Å². The first-order valence-electron chi connectivity index (χ1n) is 10.8. The SMILES string of the molecule is CCCCCCCCCCCC(Cl)Cc1ccccc1.OCCNCCO. The van der Waals surface area contributed by atoms with Crippen LogP contribution < -0.4 is 5.32 Å². The van der Waals surface area contributed by atoms with Crippen molar-refractivity contribution in [1.29, 1.82) is 0 Å². The molecule has 0 aliphatic carbocycles. The Kier molecular flexibility index (Phi) is 21.2. The molecule has 158 valence electrons. The first-order chi connectivity index (χ1) is 13.2. The van der Waals surface area contributed by atoms with Gasteiger partial charge < -0.3 is 15.5 Å². The lowest BCUT2D eigenvalue weighted by atomic mass is 10.0. The molecule has 1 aromatic rings. The van der Waals surface area contributed by atoms with Gasteiger partial charge >= 0.3 is 0 Å². The summed E-state index contributed by atoms with van der Waals surface area (Å²) in [6.45, 7) is 3.69. The molecule has 0 aromatic heterocycles. The molecule has 4 heteroatoms. The molecule has 0 spiro atoms. The highest BCUT2D eigenvalue weighted by atomic mass is 35.5. The van der Waals surface area contributed by atoms with Crippen molar-refractivity contribution in [2.75, 3.05) is 26.3 Å². The smallest absolute Gasteiger partial charge is 0.0555 e. The van der Waals surface area contributed by atoms with Gasteiger partial charge in [0, 0.05) is 18.5 Å². The lowest BCUT2D eigenvalue weighted by Crippen LogP contribution is -2.21. The van der Waals surface area contributed by atoms with Crippen LogP contribution in [0.4, 0.5) is 0 Å². The Labute approximate surface area is 172 Å². The molecule has 0 heterocycles. The van der Waals surface area contributed by atoms with E-state index in [0.29, 0.717) is 18.5 Å². The summed E-state index contributed by atoms with van der Waals surface area (Å²) in [5.74, 6) is 0. The van der Waals surface area contributed by atoms with E-state index in [0.717, 1.165) is 12.8 Å². The minimum absolute atomic E-state index is 0.139. The van der Waals surface area contributed by atoms with E-state index in [1.165, 1.54) is 63.4 Å². The fourth-order valence-electron chi connectivity index (χ4n) is 2.93. The van der Waals surface area contributed by atoms with Crippen LogP contribution in [0.25, 0.3) is 0 Å². The summed E-state index contributed by atoms with van der Waals surface area (Å²) in [6, 6.07) is 10.6. The van der Waals surface area contributed by atoms with Gasteiger partial charge in [0.25, 0.3) is 0 Å². The standard InChI is InChI=1S/C19H31Cl.C4H11NO2/c1-2-3-4-5-6-7-8-9-13-16-19(20)17-18-14-11-10-12-15-18;6-3-1-5-2-4-7/h10-12,14-15,19H,2-9,13,16-17H2,1H3;5-7H,1-4H2. The molecule has 0 bridgehead atoms. The molecule has 1 unspecified atom stereocenters. The summed E-state index contributed by atoms with van der Waals surface area (Å²) in [5, 5.41) is 19.4. The molecule has 27 heavy (non-hydrogen) atoms. The number of aliphatic hydroxyl groups excluding tert-OH is 2. The van der Waals surface area contributed by atoms with Gasteiger partial charge in [0.2, 0.25) is 0 Å². The van der Waals surface area contributed by atoms with Gasteiger partial charge in [-0.3, -0.25) is 0 Å². The highest BCUT2D eigenvalue weighted by molar-refractivity contribution is 6.20. The van der Waals surface area contributed by atoms with Gasteiger partial charge in [-0.15, -0.1) is 11.6 Å². The van der Waals surface area contributed by atoms with Gasteiger partial charge in [0.1, 0.15) is 0 Å². The molecule has 0 aliphatic rings. The molecular weight excluding hydrogens is 358 g/mol. The maximum absolute atomic E-state index is 8.15. The average Bonchev–Trinajstić information content (AvgIpc) is 2.68. The number of hydrogen-bond acceptors (Lipinski definition) is 3. The highest BCUT2D eigenvalue weighted by Crippen LogP contribution is 2.16. The molecule has 3 N–H and O–H groups in total. The average molecular weight is 400 g/mol. The summed E-state index contributed by atoms with van der Waals surface area (Å²) in [7, 11) is 0. The fourth-order valence-corrected chi connectivity index (χ4v) is 3.26. The highest BCUT2D eigenvalue weighted by Gasteiger charge is 2.05. The van der Waals surface area contributed by atoms with Gasteiger partial charge in [0.15, 0.2) is 0 Å². The Hall–Kier alpha value is -0.610. The Balaban J connectivity index is 0.000000821. The second-order valence-electron chi connectivity index (χ2n) is 7.10. The predicted octanol–water partition coefficient (Wildman–Crippen LogP) is 5.32. The molecule has 1 atom stereocenters. The van der Waals surface area contributed by atoms with Crippen molar-refractivity contribution in [2.24, 2.45) is 0 Å². The molecule has 0 radical (unpaired) electrons. The molecule has 0 fully saturated rings. The van der Waals surface area contributed by atoms with Crippen molar-refractivity contribution in [3.05, 3.63) is 35.9 Å². The number of unbranched alkanes of at least 4 members (excludes halogenated alkanes) is 8. The van der Waals surface area contributed by atoms with Crippen LogP contribution in [0.1, 0.15) is 76.7 Å². The normalized spacial score (nSPS) is 11.7. The number of rotatable bonds is 16. The van der Waals surface area contributed by atoms with E-state index >= 15 is 0 Å². The number of halogens is 1. The predicted molar refractivity (Wildman–Crippen MR) is 119 cm³/mol. The van der Waals surface area contributed by atoms with E-state index in [2.05, 4.69) is 42.6 Å². The first kappa shape index (κ1) is 26.4. The Bertz CT molecular complexity index is 385. The fraction of sp³-hybridized carbons (Fsp3) is 0.739. The van der Waals surface area contributed by atoms with Crippen LogP contribution >= 0.6 is 11.6 Å². The number of benzene rings is 1. The molecule has 0 saturated heterocycles. The van der Waals surface area contributed by atoms with Gasteiger partial charge in [-0.25, -0.2) is 0 Å². The number of aliphatic hydroxyl groups is 2. The zero-order valence-electron chi connectivity index (χ0n) is 17.3. The lowest BCUT2D eigenvalue weighted by molar-refractivity contribution is 0.266. The Morgan fingerprint density at radius 3 is 1.85 bits per heavy atom. The van der Waals surface area contributed by atoms with Crippen molar-refractivity contribution >= 4 is 11.6 Å². The summed E-state index contributed by atoms with van der Waals surface area (Å²) in [6.07, 6.45) is 14.7. The number of alkyl halides is 1. The minimum Gasteiger partial charge on any atom is -0.395 e. The lowest BCUT2D eigenvalue weighted by Gasteiger charge is -2.09. The first-order valence-corrected chi connectivity index (χ1v) is 11.3. The molecule has 3 nitrogen and oxygen atoms in total. The van der Waals surface area contributed by atoms with Gasteiger partial charge in [-0.1, -0.05) is 95.0 Å². The maximum Gasteiger partial charge on any atom is 0.0555 e. The molecule has 0 saturated carbocycles. The summed E-state index contributed by atoms with van der Waals surface area (Å²) in [5.41, 5.74) is 1.36. The quantitative estimate of drug-likeness (QED) is 0.260. The molecular formula is C23H42ClNO2. The molecule has 1 aromatic carbocycles.